The Labute approximate surface area is 94.4 Å². The van der Waals surface area contributed by atoms with Gasteiger partial charge < -0.3 is 10.2 Å². The van der Waals surface area contributed by atoms with Gasteiger partial charge in [0.2, 0.25) is 0 Å². The second-order valence-corrected chi connectivity index (χ2v) is 4.78. The SMILES string of the molecule is C#CCCCCN1CCNC(C)(CC)C1. The summed E-state index contributed by atoms with van der Waals surface area (Å²) in [7, 11) is 0. The van der Waals surface area contributed by atoms with E-state index in [1.807, 2.05) is 0 Å². The summed E-state index contributed by atoms with van der Waals surface area (Å²) in [4.78, 5) is 2.57. The molecule has 0 saturated carbocycles. The molecule has 1 fully saturated rings. The third-order valence-corrected chi connectivity index (χ3v) is 3.38. The van der Waals surface area contributed by atoms with E-state index >= 15 is 0 Å². The minimum atomic E-state index is 0.324. The lowest BCUT2D eigenvalue weighted by Crippen LogP contribution is -2.58. The predicted octanol–water partition coefficient (Wildman–Crippen LogP) is 1.86. The van der Waals surface area contributed by atoms with Gasteiger partial charge in [0.1, 0.15) is 0 Å². The molecule has 1 aliphatic rings. The smallest absolute Gasteiger partial charge is 0.0278 e. The van der Waals surface area contributed by atoms with Crippen molar-refractivity contribution in [3.05, 3.63) is 0 Å². The van der Waals surface area contributed by atoms with Gasteiger partial charge in [-0.2, -0.15) is 0 Å². The average Bonchev–Trinajstić information content (AvgIpc) is 2.25. The molecule has 0 radical (unpaired) electrons. The molecule has 0 aromatic rings. The van der Waals surface area contributed by atoms with Crippen LogP contribution in [0.1, 0.15) is 39.5 Å². The molecule has 2 nitrogen and oxygen atoms in total. The van der Waals surface area contributed by atoms with Crippen molar-refractivity contribution in [2.24, 2.45) is 0 Å². The lowest BCUT2D eigenvalue weighted by atomic mass is 9.96. The van der Waals surface area contributed by atoms with Gasteiger partial charge in [-0.15, -0.1) is 12.3 Å². The average molecular weight is 208 g/mol. The summed E-state index contributed by atoms with van der Waals surface area (Å²) < 4.78 is 0. The van der Waals surface area contributed by atoms with Gasteiger partial charge in [0.25, 0.3) is 0 Å². The molecule has 0 aromatic carbocycles. The van der Waals surface area contributed by atoms with Crippen molar-refractivity contribution in [1.29, 1.82) is 0 Å². The third-order valence-electron chi connectivity index (χ3n) is 3.38. The van der Waals surface area contributed by atoms with Gasteiger partial charge in [0.15, 0.2) is 0 Å². The molecule has 0 spiro atoms. The summed E-state index contributed by atoms with van der Waals surface area (Å²) in [5.41, 5.74) is 0.324. The lowest BCUT2D eigenvalue weighted by Gasteiger charge is -2.41. The van der Waals surface area contributed by atoms with Crippen molar-refractivity contribution >= 4 is 0 Å². The van der Waals surface area contributed by atoms with Gasteiger partial charge in [-0.1, -0.05) is 6.92 Å². The molecular formula is C13H24N2. The molecule has 86 valence electrons. The number of piperazine rings is 1. The zero-order valence-electron chi connectivity index (χ0n) is 10.2. The van der Waals surface area contributed by atoms with E-state index in [4.69, 9.17) is 6.42 Å². The molecule has 0 aliphatic carbocycles. The monoisotopic (exact) mass is 208 g/mol. The second kappa shape index (κ2) is 6.15. The number of nitrogens with zero attached hydrogens (tertiary/aromatic N) is 1. The van der Waals surface area contributed by atoms with Crippen LogP contribution in [0.2, 0.25) is 0 Å². The molecule has 1 rings (SSSR count). The molecule has 1 aliphatic heterocycles. The first-order valence-electron chi connectivity index (χ1n) is 6.11. The van der Waals surface area contributed by atoms with Crippen LogP contribution in [0.4, 0.5) is 0 Å². The minimum Gasteiger partial charge on any atom is -0.309 e. The minimum absolute atomic E-state index is 0.324. The van der Waals surface area contributed by atoms with E-state index < -0.39 is 0 Å². The largest absolute Gasteiger partial charge is 0.309 e. The molecule has 2 heteroatoms. The van der Waals surface area contributed by atoms with Gasteiger partial charge in [-0.3, -0.25) is 0 Å². The van der Waals surface area contributed by atoms with Crippen molar-refractivity contribution in [3.8, 4) is 12.3 Å². The summed E-state index contributed by atoms with van der Waals surface area (Å²) in [5, 5.41) is 3.60. The van der Waals surface area contributed by atoms with Crippen LogP contribution in [-0.2, 0) is 0 Å². The summed E-state index contributed by atoms with van der Waals surface area (Å²) >= 11 is 0. The number of rotatable bonds is 5. The van der Waals surface area contributed by atoms with Crippen LogP contribution < -0.4 is 5.32 Å². The van der Waals surface area contributed by atoms with E-state index in [0.717, 1.165) is 13.0 Å². The van der Waals surface area contributed by atoms with Crippen LogP contribution in [0.15, 0.2) is 0 Å². The molecule has 1 saturated heterocycles. The van der Waals surface area contributed by atoms with E-state index in [9.17, 15) is 0 Å². The van der Waals surface area contributed by atoms with E-state index in [1.54, 1.807) is 0 Å². The van der Waals surface area contributed by atoms with Crippen LogP contribution in [0.5, 0.6) is 0 Å². The molecular weight excluding hydrogens is 184 g/mol. The molecule has 15 heavy (non-hydrogen) atoms. The lowest BCUT2D eigenvalue weighted by molar-refractivity contribution is 0.138. The summed E-state index contributed by atoms with van der Waals surface area (Å²) in [6.45, 7) is 9.28. The highest BCUT2D eigenvalue weighted by molar-refractivity contribution is 4.89. The van der Waals surface area contributed by atoms with Crippen LogP contribution in [0.25, 0.3) is 0 Å². The standard InChI is InChI=1S/C13H24N2/c1-4-6-7-8-10-15-11-9-14-13(3,5-2)12-15/h1,14H,5-12H2,2-3H3. The molecule has 1 heterocycles. The molecule has 1 unspecified atom stereocenters. The van der Waals surface area contributed by atoms with Crippen molar-refractivity contribution in [2.45, 2.75) is 45.1 Å². The van der Waals surface area contributed by atoms with Crippen molar-refractivity contribution < 1.29 is 0 Å². The van der Waals surface area contributed by atoms with Gasteiger partial charge in [0.05, 0.1) is 0 Å². The van der Waals surface area contributed by atoms with Crippen LogP contribution in [0.3, 0.4) is 0 Å². The summed E-state index contributed by atoms with van der Waals surface area (Å²) in [6.07, 6.45) is 9.78. The predicted molar refractivity (Wildman–Crippen MR) is 65.8 cm³/mol. The normalized spacial score (nSPS) is 27.5. The Hall–Kier alpha value is -0.520. The second-order valence-electron chi connectivity index (χ2n) is 4.78. The Balaban J connectivity index is 2.22. The van der Waals surface area contributed by atoms with Crippen molar-refractivity contribution in [3.63, 3.8) is 0 Å². The highest BCUT2D eigenvalue weighted by Crippen LogP contribution is 2.15. The third kappa shape index (κ3) is 4.24. The topological polar surface area (TPSA) is 15.3 Å². The van der Waals surface area contributed by atoms with E-state index in [1.165, 1.54) is 38.9 Å². The summed E-state index contributed by atoms with van der Waals surface area (Å²) in [6, 6.07) is 0. The first-order valence-corrected chi connectivity index (χ1v) is 6.11. The molecule has 0 bridgehead atoms. The van der Waals surface area contributed by atoms with Crippen LogP contribution in [-0.4, -0.2) is 36.6 Å². The van der Waals surface area contributed by atoms with Crippen molar-refractivity contribution in [2.75, 3.05) is 26.2 Å². The number of unbranched alkanes of at least 4 members (excludes halogenated alkanes) is 2. The zero-order valence-corrected chi connectivity index (χ0v) is 10.2. The molecule has 1 atom stereocenters. The van der Waals surface area contributed by atoms with Gasteiger partial charge in [-0.25, -0.2) is 0 Å². The first kappa shape index (κ1) is 12.5. The number of hydrogen-bond donors (Lipinski definition) is 1. The van der Waals surface area contributed by atoms with Crippen LogP contribution in [0, 0.1) is 12.3 Å². The highest BCUT2D eigenvalue weighted by Gasteiger charge is 2.27. The summed E-state index contributed by atoms with van der Waals surface area (Å²) in [5.74, 6) is 2.70. The van der Waals surface area contributed by atoms with Crippen molar-refractivity contribution in [1.82, 2.24) is 10.2 Å². The van der Waals surface area contributed by atoms with Crippen LogP contribution >= 0.6 is 0 Å². The number of terminal acetylenes is 1. The molecule has 0 amide bonds. The molecule has 1 N–H and O–H groups in total. The Morgan fingerprint density at radius 3 is 2.93 bits per heavy atom. The van der Waals surface area contributed by atoms with E-state index in [2.05, 4.69) is 30.0 Å². The first-order chi connectivity index (χ1) is 7.20. The number of nitrogens with one attached hydrogen (secondary N) is 1. The van der Waals surface area contributed by atoms with Gasteiger partial charge >= 0.3 is 0 Å². The number of hydrogen-bond acceptors (Lipinski definition) is 2. The fourth-order valence-corrected chi connectivity index (χ4v) is 2.13. The molecule has 0 aromatic heterocycles. The Morgan fingerprint density at radius 1 is 1.47 bits per heavy atom. The fraction of sp³-hybridized carbons (Fsp3) is 0.846. The quantitative estimate of drug-likeness (QED) is 0.548. The Morgan fingerprint density at radius 2 is 2.27 bits per heavy atom. The maximum Gasteiger partial charge on any atom is 0.0278 e. The highest BCUT2D eigenvalue weighted by atomic mass is 15.2. The van der Waals surface area contributed by atoms with Gasteiger partial charge in [0, 0.05) is 31.6 Å². The zero-order chi connectivity index (χ0) is 11.1. The maximum absolute atomic E-state index is 5.24. The Kier molecular flexibility index (Phi) is 5.14. The Bertz CT molecular complexity index is 219. The van der Waals surface area contributed by atoms with Gasteiger partial charge in [-0.05, 0) is 32.7 Å². The maximum atomic E-state index is 5.24. The fourth-order valence-electron chi connectivity index (χ4n) is 2.13. The van der Waals surface area contributed by atoms with E-state index in [0.29, 0.717) is 5.54 Å². The van der Waals surface area contributed by atoms with E-state index in [-0.39, 0.29) is 0 Å².